The van der Waals surface area contributed by atoms with Crippen LogP contribution in [-0.4, -0.2) is 6.54 Å². The Bertz CT molecular complexity index is 928. The van der Waals surface area contributed by atoms with Crippen molar-refractivity contribution in [2.24, 2.45) is 0 Å². The Labute approximate surface area is 185 Å². The van der Waals surface area contributed by atoms with E-state index < -0.39 is 0 Å². The lowest BCUT2D eigenvalue weighted by Crippen LogP contribution is -2.16. The van der Waals surface area contributed by atoms with Crippen LogP contribution < -0.4 is 10.1 Å². The second-order valence-corrected chi connectivity index (χ2v) is 8.00. The molecular weight excluding hydrogens is 436 g/mol. The van der Waals surface area contributed by atoms with Gasteiger partial charge in [-0.05, 0) is 66.1 Å². The van der Waals surface area contributed by atoms with Gasteiger partial charge in [-0.3, -0.25) is 0 Å². The normalized spacial score (nSPS) is 10.9. The summed E-state index contributed by atoms with van der Waals surface area (Å²) in [5, 5.41) is 5.86. The minimum absolute atomic E-state index is 0.441. The Morgan fingerprint density at radius 3 is 2.18 bits per heavy atom. The lowest BCUT2D eigenvalue weighted by atomic mass is 10.1. The van der Waals surface area contributed by atoms with Crippen molar-refractivity contribution in [2.45, 2.75) is 19.6 Å². The van der Waals surface area contributed by atoms with Gasteiger partial charge in [-0.25, -0.2) is 0 Å². The third-order valence-electron chi connectivity index (χ3n) is 4.23. The number of ether oxygens (including phenoxy) is 1. The highest BCUT2D eigenvalue weighted by atomic mass is 35.5. The summed E-state index contributed by atoms with van der Waals surface area (Å²) < 4.78 is 5.80. The van der Waals surface area contributed by atoms with E-state index in [2.05, 4.69) is 5.32 Å². The molecule has 0 heterocycles. The maximum atomic E-state index is 6.19. The molecular formula is C22H19Cl4NO. The van der Waals surface area contributed by atoms with E-state index in [4.69, 9.17) is 51.1 Å². The Morgan fingerprint density at radius 2 is 1.46 bits per heavy atom. The molecule has 0 fully saturated rings. The van der Waals surface area contributed by atoms with E-state index in [1.165, 1.54) is 5.56 Å². The molecule has 0 saturated carbocycles. The molecule has 146 valence electrons. The van der Waals surface area contributed by atoms with Gasteiger partial charge in [0.2, 0.25) is 0 Å². The molecule has 28 heavy (non-hydrogen) atoms. The third kappa shape index (κ3) is 6.30. The first kappa shape index (κ1) is 21.3. The van der Waals surface area contributed by atoms with Gasteiger partial charge in [-0.15, -0.1) is 0 Å². The molecule has 1 N–H and O–H groups in total. The summed E-state index contributed by atoms with van der Waals surface area (Å²) in [7, 11) is 0. The fourth-order valence-electron chi connectivity index (χ4n) is 2.68. The summed E-state index contributed by atoms with van der Waals surface area (Å²) in [6.07, 6.45) is 0.848. The molecule has 3 aromatic carbocycles. The summed E-state index contributed by atoms with van der Waals surface area (Å²) in [6.45, 7) is 2.05. The minimum atomic E-state index is 0.441. The lowest BCUT2D eigenvalue weighted by molar-refractivity contribution is 0.306. The minimum Gasteiger partial charge on any atom is -0.489 e. The summed E-state index contributed by atoms with van der Waals surface area (Å²) in [6, 6.07) is 19.1. The van der Waals surface area contributed by atoms with Crippen molar-refractivity contribution in [3.05, 3.63) is 97.4 Å². The highest BCUT2D eigenvalue weighted by Crippen LogP contribution is 2.24. The third-order valence-corrected chi connectivity index (χ3v) is 5.55. The van der Waals surface area contributed by atoms with Crippen LogP contribution in [0, 0.1) is 0 Å². The number of halogens is 4. The fourth-order valence-corrected chi connectivity index (χ4v) is 3.50. The van der Waals surface area contributed by atoms with E-state index in [-0.39, 0.29) is 0 Å². The molecule has 0 aromatic heterocycles. The first-order chi connectivity index (χ1) is 13.5. The highest BCUT2D eigenvalue weighted by molar-refractivity contribution is 6.42. The zero-order valence-electron chi connectivity index (χ0n) is 15.0. The average molecular weight is 455 g/mol. The highest BCUT2D eigenvalue weighted by Gasteiger charge is 2.03. The van der Waals surface area contributed by atoms with Gasteiger partial charge >= 0.3 is 0 Å². The van der Waals surface area contributed by atoms with Crippen molar-refractivity contribution in [1.29, 1.82) is 0 Å². The molecule has 3 rings (SSSR count). The Kier molecular flexibility index (Phi) is 7.90. The number of benzene rings is 3. The van der Waals surface area contributed by atoms with Crippen LogP contribution in [0.3, 0.4) is 0 Å². The molecule has 2 nitrogen and oxygen atoms in total. The largest absolute Gasteiger partial charge is 0.489 e. The topological polar surface area (TPSA) is 21.3 Å². The van der Waals surface area contributed by atoms with Crippen molar-refractivity contribution >= 4 is 46.4 Å². The predicted octanol–water partition coefficient (Wildman–Crippen LogP) is 7.21. The molecule has 0 bridgehead atoms. The Hall–Kier alpha value is -1.42. The van der Waals surface area contributed by atoms with Gasteiger partial charge in [0, 0.05) is 16.6 Å². The van der Waals surface area contributed by atoms with E-state index in [0.717, 1.165) is 36.4 Å². The molecule has 0 amide bonds. The Balaban J connectivity index is 1.43. The molecule has 0 aliphatic rings. The molecule has 6 heteroatoms. The molecule has 0 spiro atoms. The van der Waals surface area contributed by atoms with Gasteiger partial charge in [0.1, 0.15) is 12.4 Å². The summed E-state index contributed by atoms with van der Waals surface area (Å²) >= 11 is 24.1. The lowest BCUT2D eigenvalue weighted by Gasteiger charge is -2.09. The zero-order valence-corrected chi connectivity index (χ0v) is 18.0. The van der Waals surface area contributed by atoms with Gasteiger partial charge in [-0.1, -0.05) is 70.7 Å². The maximum absolute atomic E-state index is 6.19. The molecule has 0 unspecified atom stereocenters. The van der Waals surface area contributed by atoms with Crippen molar-refractivity contribution < 1.29 is 4.74 Å². The smallest absolute Gasteiger partial charge is 0.119 e. The van der Waals surface area contributed by atoms with Crippen molar-refractivity contribution in [1.82, 2.24) is 5.32 Å². The van der Waals surface area contributed by atoms with E-state index in [9.17, 15) is 0 Å². The first-order valence-electron chi connectivity index (χ1n) is 8.81. The Morgan fingerprint density at radius 1 is 0.714 bits per heavy atom. The van der Waals surface area contributed by atoms with Crippen molar-refractivity contribution in [3.63, 3.8) is 0 Å². The maximum Gasteiger partial charge on any atom is 0.119 e. The van der Waals surface area contributed by atoms with Crippen LogP contribution in [0.4, 0.5) is 0 Å². The summed E-state index contributed by atoms with van der Waals surface area (Å²) in [5.41, 5.74) is 3.25. The van der Waals surface area contributed by atoms with Crippen LogP contribution in [-0.2, 0) is 19.6 Å². The standard InChI is InChI=1S/C22H19Cl4NO/c23-18-5-4-17(21(25)12-18)9-10-27-13-15-1-6-19(7-2-15)28-14-16-3-8-20(24)22(26)11-16/h1-8,11-12,27H,9-10,13-14H2. The number of hydrogen-bond acceptors (Lipinski definition) is 2. The van der Waals surface area contributed by atoms with Crippen molar-refractivity contribution in [3.8, 4) is 5.75 Å². The van der Waals surface area contributed by atoms with Crippen LogP contribution in [0.25, 0.3) is 0 Å². The molecule has 3 aromatic rings. The van der Waals surface area contributed by atoms with Crippen LogP contribution in [0.15, 0.2) is 60.7 Å². The van der Waals surface area contributed by atoms with E-state index in [1.807, 2.05) is 48.5 Å². The van der Waals surface area contributed by atoms with Crippen molar-refractivity contribution in [2.75, 3.05) is 6.54 Å². The monoisotopic (exact) mass is 453 g/mol. The average Bonchev–Trinajstić information content (AvgIpc) is 2.68. The van der Waals surface area contributed by atoms with Gasteiger partial charge in [0.05, 0.1) is 10.0 Å². The first-order valence-corrected chi connectivity index (χ1v) is 10.3. The zero-order chi connectivity index (χ0) is 19.9. The molecule has 0 radical (unpaired) electrons. The van der Waals surface area contributed by atoms with Gasteiger partial charge < -0.3 is 10.1 Å². The molecule has 0 aliphatic carbocycles. The van der Waals surface area contributed by atoms with Gasteiger partial charge in [-0.2, -0.15) is 0 Å². The van der Waals surface area contributed by atoms with Crippen LogP contribution in [0.5, 0.6) is 5.75 Å². The van der Waals surface area contributed by atoms with Gasteiger partial charge in [0.25, 0.3) is 0 Å². The molecule has 0 aliphatic heterocycles. The van der Waals surface area contributed by atoms with Crippen LogP contribution >= 0.6 is 46.4 Å². The van der Waals surface area contributed by atoms with Crippen LogP contribution in [0.1, 0.15) is 16.7 Å². The van der Waals surface area contributed by atoms with E-state index >= 15 is 0 Å². The second-order valence-electron chi connectivity index (χ2n) is 6.34. The predicted molar refractivity (Wildman–Crippen MR) is 119 cm³/mol. The van der Waals surface area contributed by atoms with E-state index in [0.29, 0.717) is 26.7 Å². The SMILES string of the molecule is Clc1ccc(CCNCc2ccc(OCc3ccc(Cl)c(Cl)c3)cc2)c(Cl)c1. The van der Waals surface area contributed by atoms with E-state index in [1.54, 1.807) is 12.1 Å². The fraction of sp³-hybridized carbons (Fsp3) is 0.182. The number of nitrogens with one attached hydrogen (secondary N) is 1. The summed E-state index contributed by atoms with van der Waals surface area (Å²) in [5.74, 6) is 0.808. The summed E-state index contributed by atoms with van der Waals surface area (Å²) in [4.78, 5) is 0. The second kappa shape index (κ2) is 10.4. The number of rotatable bonds is 8. The van der Waals surface area contributed by atoms with Gasteiger partial charge in [0.15, 0.2) is 0 Å². The quantitative estimate of drug-likeness (QED) is 0.363. The molecule has 0 atom stereocenters. The van der Waals surface area contributed by atoms with Crippen LogP contribution in [0.2, 0.25) is 20.1 Å². The number of hydrogen-bond donors (Lipinski definition) is 1. The molecule has 0 saturated heterocycles.